The summed E-state index contributed by atoms with van der Waals surface area (Å²) in [6, 6.07) is 0. The third-order valence-electron chi connectivity index (χ3n) is 10.8. The summed E-state index contributed by atoms with van der Waals surface area (Å²) in [5.41, 5.74) is 9.82. The molecule has 0 N–H and O–H groups in total. The van der Waals surface area contributed by atoms with Crippen LogP contribution in [-0.4, -0.2) is 5.54 Å². The molecule has 0 heterocycles. The fraction of sp³-hybridized carbons (Fsp3) is 1.00. The zero-order valence-electron chi connectivity index (χ0n) is 20.0. The highest BCUT2D eigenvalue weighted by Gasteiger charge is 2.60. The molecule has 0 radical (unpaired) electrons. The fourth-order valence-electron chi connectivity index (χ4n) is 9.54. The lowest BCUT2D eigenvalue weighted by Crippen LogP contribution is -2.53. The van der Waals surface area contributed by atoms with Crippen LogP contribution in [0.15, 0.2) is 5.11 Å². The van der Waals surface area contributed by atoms with E-state index < -0.39 is 0 Å². The number of azide groups is 1. The van der Waals surface area contributed by atoms with Gasteiger partial charge in [0.15, 0.2) is 0 Å². The summed E-state index contributed by atoms with van der Waals surface area (Å²) in [5, 5.41) is 4.10. The molecule has 0 aromatic rings. The van der Waals surface area contributed by atoms with E-state index in [0.29, 0.717) is 16.7 Å². The predicted octanol–water partition coefficient (Wildman–Crippen LogP) is 8.40. The molecule has 2 unspecified atom stereocenters. The zero-order valence-corrected chi connectivity index (χ0v) is 20.0. The van der Waals surface area contributed by atoms with Crippen LogP contribution < -0.4 is 0 Å². The minimum atomic E-state index is -0.260. The molecule has 3 heteroatoms. The van der Waals surface area contributed by atoms with Gasteiger partial charge in [0.05, 0.1) is 0 Å². The third-order valence-corrected chi connectivity index (χ3v) is 10.8. The van der Waals surface area contributed by atoms with E-state index in [1.807, 2.05) is 0 Å². The van der Waals surface area contributed by atoms with Gasteiger partial charge in [-0.2, -0.15) is 0 Å². The molecule has 0 amide bonds. The average molecular weight is 400 g/mol. The fourth-order valence-corrected chi connectivity index (χ4v) is 9.54. The van der Waals surface area contributed by atoms with E-state index in [2.05, 4.69) is 51.6 Å². The molecule has 4 rings (SSSR count). The number of hydrogen-bond acceptors (Lipinski definition) is 1. The molecule has 0 aromatic carbocycles. The maximum Gasteiger partial charge on any atom is 0.0434 e. The number of nitrogens with zero attached hydrogens (tertiary/aromatic N) is 3. The molecule has 0 spiro atoms. The van der Waals surface area contributed by atoms with Gasteiger partial charge in [0, 0.05) is 10.5 Å². The summed E-state index contributed by atoms with van der Waals surface area (Å²) >= 11 is 0. The number of rotatable bonds is 4. The highest BCUT2D eigenvalue weighted by Crippen LogP contribution is 2.68. The molecule has 4 aliphatic rings. The average Bonchev–Trinajstić information content (AvgIpc) is 2.99. The van der Waals surface area contributed by atoms with E-state index >= 15 is 0 Å². The Labute approximate surface area is 179 Å². The van der Waals surface area contributed by atoms with E-state index in [-0.39, 0.29) is 5.54 Å². The summed E-state index contributed by atoms with van der Waals surface area (Å²) in [4.78, 5) is 3.12. The van der Waals surface area contributed by atoms with Gasteiger partial charge in [0.2, 0.25) is 0 Å². The second kappa shape index (κ2) is 7.47. The standard InChI is InChI=1S/C26H45N3/c1-17-11-13-25(5)19(15-17)7-8-20-22-10-9-21(26(22,6)14-12-23(20)25)18(2)16-24(3,4)28-29-27/h17-23H,7-16H2,1-6H3/t17-,18-,19-,20?,21-,22+,23?,25+,26-/m1/s1. The normalized spacial score (nSPS) is 48.1. The minimum absolute atomic E-state index is 0.260. The van der Waals surface area contributed by atoms with Gasteiger partial charge in [-0.3, -0.25) is 0 Å². The molecule has 4 aliphatic carbocycles. The van der Waals surface area contributed by atoms with Gasteiger partial charge in [0.1, 0.15) is 0 Å². The van der Waals surface area contributed by atoms with Crippen LogP contribution in [0.3, 0.4) is 0 Å². The molecule has 0 bridgehead atoms. The van der Waals surface area contributed by atoms with Gasteiger partial charge in [0.25, 0.3) is 0 Å². The van der Waals surface area contributed by atoms with Gasteiger partial charge in [-0.25, -0.2) is 0 Å². The van der Waals surface area contributed by atoms with Gasteiger partial charge < -0.3 is 0 Å². The largest absolute Gasteiger partial charge is 0.0878 e. The smallest absolute Gasteiger partial charge is 0.0434 e. The van der Waals surface area contributed by atoms with E-state index in [1.54, 1.807) is 0 Å². The summed E-state index contributed by atoms with van der Waals surface area (Å²) < 4.78 is 0. The van der Waals surface area contributed by atoms with Crippen LogP contribution in [0.5, 0.6) is 0 Å². The van der Waals surface area contributed by atoms with Gasteiger partial charge in [-0.1, -0.05) is 53.1 Å². The van der Waals surface area contributed by atoms with Gasteiger partial charge in [-0.05, 0) is 116 Å². The monoisotopic (exact) mass is 399 g/mol. The molecule has 0 aliphatic heterocycles. The van der Waals surface area contributed by atoms with Crippen molar-refractivity contribution in [3.8, 4) is 0 Å². The van der Waals surface area contributed by atoms with Crippen LogP contribution in [0.2, 0.25) is 0 Å². The van der Waals surface area contributed by atoms with Gasteiger partial charge in [-0.15, -0.1) is 0 Å². The van der Waals surface area contributed by atoms with E-state index in [9.17, 15) is 0 Å². The lowest BCUT2D eigenvalue weighted by atomic mass is 9.44. The Hall–Kier alpha value is -0.690. The van der Waals surface area contributed by atoms with Crippen molar-refractivity contribution in [3.05, 3.63) is 10.4 Å². The maximum absolute atomic E-state index is 8.94. The van der Waals surface area contributed by atoms with Gasteiger partial charge >= 0.3 is 0 Å². The van der Waals surface area contributed by atoms with Crippen LogP contribution in [0.1, 0.15) is 106 Å². The van der Waals surface area contributed by atoms with Crippen molar-refractivity contribution in [2.45, 2.75) is 111 Å². The van der Waals surface area contributed by atoms with Crippen molar-refractivity contribution >= 4 is 0 Å². The summed E-state index contributed by atoms with van der Waals surface area (Å²) in [6.07, 6.45) is 14.2. The third kappa shape index (κ3) is 3.54. The minimum Gasteiger partial charge on any atom is -0.0878 e. The summed E-state index contributed by atoms with van der Waals surface area (Å²) in [5.74, 6) is 6.30. The number of fused-ring (bicyclic) bond motifs is 5. The summed E-state index contributed by atoms with van der Waals surface area (Å²) in [7, 11) is 0. The molecular formula is C26H45N3. The Morgan fingerprint density at radius 1 is 1.00 bits per heavy atom. The zero-order chi connectivity index (χ0) is 21.0. The molecule has 4 saturated carbocycles. The number of hydrogen-bond donors (Lipinski definition) is 0. The van der Waals surface area contributed by atoms with Crippen molar-refractivity contribution in [3.63, 3.8) is 0 Å². The van der Waals surface area contributed by atoms with E-state index in [0.717, 1.165) is 41.9 Å². The Morgan fingerprint density at radius 3 is 2.41 bits per heavy atom. The van der Waals surface area contributed by atoms with Crippen molar-refractivity contribution in [2.75, 3.05) is 0 Å². The highest BCUT2D eigenvalue weighted by molar-refractivity contribution is 5.09. The van der Waals surface area contributed by atoms with Crippen molar-refractivity contribution in [1.82, 2.24) is 0 Å². The molecular weight excluding hydrogens is 354 g/mol. The lowest BCUT2D eigenvalue weighted by molar-refractivity contribution is -0.120. The first-order valence-electron chi connectivity index (χ1n) is 12.7. The van der Waals surface area contributed by atoms with E-state index in [4.69, 9.17) is 5.53 Å². The second-order valence-electron chi connectivity index (χ2n) is 12.9. The van der Waals surface area contributed by atoms with Crippen LogP contribution in [0.25, 0.3) is 10.4 Å². The molecule has 3 nitrogen and oxygen atoms in total. The lowest BCUT2D eigenvalue weighted by Gasteiger charge is -2.61. The first-order valence-corrected chi connectivity index (χ1v) is 12.7. The molecule has 164 valence electrons. The Balaban J connectivity index is 1.52. The Bertz CT molecular complexity index is 665. The maximum atomic E-state index is 8.94. The molecule has 0 saturated heterocycles. The van der Waals surface area contributed by atoms with Crippen LogP contribution in [-0.2, 0) is 0 Å². The van der Waals surface area contributed by atoms with Crippen molar-refractivity contribution < 1.29 is 0 Å². The van der Waals surface area contributed by atoms with Crippen LogP contribution >= 0.6 is 0 Å². The Kier molecular flexibility index (Phi) is 5.55. The molecule has 0 aromatic heterocycles. The first kappa shape index (κ1) is 21.5. The van der Waals surface area contributed by atoms with E-state index in [1.165, 1.54) is 57.8 Å². The molecule has 29 heavy (non-hydrogen) atoms. The molecule has 4 fully saturated rings. The van der Waals surface area contributed by atoms with Crippen LogP contribution in [0, 0.1) is 52.3 Å². The Morgan fingerprint density at radius 2 is 1.69 bits per heavy atom. The second-order valence-corrected chi connectivity index (χ2v) is 12.9. The summed E-state index contributed by atoms with van der Waals surface area (Å²) in [6.45, 7) is 14.5. The van der Waals surface area contributed by atoms with Crippen molar-refractivity contribution in [2.24, 2.45) is 57.4 Å². The highest BCUT2D eigenvalue weighted by atomic mass is 15.2. The van der Waals surface area contributed by atoms with Crippen LogP contribution in [0.4, 0.5) is 0 Å². The predicted molar refractivity (Wildman–Crippen MR) is 121 cm³/mol. The molecule has 9 atom stereocenters. The van der Waals surface area contributed by atoms with Crippen molar-refractivity contribution in [1.29, 1.82) is 0 Å². The quantitative estimate of drug-likeness (QED) is 0.259. The first-order chi connectivity index (χ1) is 13.6. The SMILES string of the molecule is C[C@@H]1CC[C@]2(C)C3CC[C@]4(C)[C@@H]([C@H](C)CC(C)(C)N=[N+]=[N-])CC[C@H]4C3CC[C@@H]2C1. The topological polar surface area (TPSA) is 48.8 Å².